The van der Waals surface area contributed by atoms with Crippen molar-refractivity contribution >= 4 is 17.5 Å². The Morgan fingerprint density at radius 3 is 2.57 bits per heavy atom. The third kappa shape index (κ3) is 3.31. The molecule has 0 unspecified atom stereocenters. The number of nitrogens with zero attached hydrogens (tertiary/aromatic N) is 3. The van der Waals surface area contributed by atoms with Crippen LogP contribution in [0.1, 0.15) is 35.6 Å². The maximum absolute atomic E-state index is 13.7. The zero-order valence-corrected chi connectivity index (χ0v) is 11.9. The number of anilines is 2. The molecule has 0 radical (unpaired) electrons. The second-order valence-electron chi connectivity index (χ2n) is 4.43. The number of aryl methyl sites for hydroxylation is 2. The lowest BCUT2D eigenvalue weighted by molar-refractivity contribution is 0.102. The van der Waals surface area contributed by atoms with Gasteiger partial charge in [0.25, 0.3) is 5.91 Å². The summed E-state index contributed by atoms with van der Waals surface area (Å²) in [6.45, 7) is 3.89. The van der Waals surface area contributed by atoms with E-state index in [-0.39, 0.29) is 17.2 Å². The summed E-state index contributed by atoms with van der Waals surface area (Å²) in [4.78, 5) is 16.2. The van der Waals surface area contributed by atoms with E-state index in [1.165, 1.54) is 12.1 Å². The minimum atomic E-state index is -0.693. The number of aromatic nitrogens is 3. The maximum Gasteiger partial charge on any atom is 0.261 e. The highest BCUT2D eigenvalue weighted by Gasteiger charge is 2.14. The normalized spacial score (nSPS) is 10.4. The molecule has 2 aromatic rings. The lowest BCUT2D eigenvalue weighted by Crippen LogP contribution is -2.17. The Hall–Kier alpha value is -2.57. The molecule has 0 spiro atoms. The van der Waals surface area contributed by atoms with Crippen molar-refractivity contribution < 1.29 is 9.18 Å². The molecule has 6 nitrogen and oxygen atoms in total. The molecular weight excluding hydrogens is 273 g/mol. The largest absolute Gasteiger partial charge is 0.399 e. The first-order valence-electron chi connectivity index (χ1n) is 6.64. The molecule has 0 saturated heterocycles. The van der Waals surface area contributed by atoms with Crippen LogP contribution in [0.25, 0.3) is 0 Å². The first-order chi connectivity index (χ1) is 10.0. The van der Waals surface area contributed by atoms with E-state index in [4.69, 9.17) is 5.73 Å². The van der Waals surface area contributed by atoms with Gasteiger partial charge in [-0.05, 0) is 31.0 Å². The van der Waals surface area contributed by atoms with Crippen molar-refractivity contribution in [2.45, 2.75) is 26.7 Å². The van der Waals surface area contributed by atoms with E-state index in [2.05, 4.69) is 20.5 Å². The van der Waals surface area contributed by atoms with Gasteiger partial charge < -0.3 is 5.73 Å². The highest BCUT2D eigenvalue weighted by atomic mass is 19.1. The first kappa shape index (κ1) is 14.8. The molecule has 0 aliphatic carbocycles. The van der Waals surface area contributed by atoms with Crippen molar-refractivity contribution in [3.63, 3.8) is 0 Å². The zero-order chi connectivity index (χ0) is 15.4. The van der Waals surface area contributed by atoms with Gasteiger partial charge >= 0.3 is 0 Å². The number of hydrogen-bond acceptors (Lipinski definition) is 5. The topological polar surface area (TPSA) is 93.8 Å². The Labute approximate surface area is 121 Å². The van der Waals surface area contributed by atoms with Gasteiger partial charge in [-0.1, -0.05) is 13.8 Å². The molecule has 7 heteroatoms. The summed E-state index contributed by atoms with van der Waals surface area (Å²) < 4.78 is 13.7. The second-order valence-corrected chi connectivity index (χ2v) is 4.43. The average Bonchev–Trinajstić information content (AvgIpc) is 2.46. The fraction of sp³-hybridized carbons (Fsp3) is 0.286. The van der Waals surface area contributed by atoms with Crippen molar-refractivity contribution in [1.29, 1.82) is 0 Å². The molecule has 110 valence electrons. The number of hydrogen-bond donors (Lipinski definition) is 2. The molecule has 1 aromatic heterocycles. The van der Waals surface area contributed by atoms with E-state index in [9.17, 15) is 9.18 Å². The van der Waals surface area contributed by atoms with E-state index in [0.717, 1.165) is 17.5 Å². The molecule has 0 aliphatic heterocycles. The molecule has 1 amide bonds. The van der Waals surface area contributed by atoms with Crippen LogP contribution in [0.5, 0.6) is 0 Å². The minimum Gasteiger partial charge on any atom is -0.399 e. The summed E-state index contributed by atoms with van der Waals surface area (Å²) in [5, 5.41) is 10.3. The van der Waals surface area contributed by atoms with E-state index >= 15 is 0 Å². The molecule has 0 fully saturated rings. The molecule has 2 rings (SSSR count). The molecule has 21 heavy (non-hydrogen) atoms. The Bertz CT molecular complexity index is 674. The number of benzene rings is 1. The molecular formula is C14H16FN5O. The number of amides is 1. The van der Waals surface area contributed by atoms with E-state index in [1.54, 1.807) is 0 Å². The Kier molecular flexibility index (Phi) is 4.42. The predicted molar refractivity (Wildman–Crippen MR) is 77.3 cm³/mol. The summed E-state index contributed by atoms with van der Waals surface area (Å²) in [5.41, 5.74) is 7.13. The summed E-state index contributed by atoms with van der Waals surface area (Å²) in [7, 11) is 0. The highest BCUT2D eigenvalue weighted by molar-refractivity contribution is 6.03. The van der Waals surface area contributed by atoms with Crippen LogP contribution in [0, 0.1) is 5.82 Å². The van der Waals surface area contributed by atoms with Gasteiger partial charge in [-0.2, -0.15) is 0 Å². The summed E-state index contributed by atoms with van der Waals surface area (Å²) >= 11 is 0. The molecule has 0 atom stereocenters. The summed E-state index contributed by atoms with van der Waals surface area (Å²) in [5.74, 6) is -1.27. The summed E-state index contributed by atoms with van der Waals surface area (Å²) in [6.07, 6.45) is 1.39. The van der Waals surface area contributed by atoms with Crippen LogP contribution in [-0.4, -0.2) is 21.1 Å². The Morgan fingerprint density at radius 1 is 1.24 bits per heavy atom. The van der Waals surface area contributed by atoms with Crippen molar-refractivity contribution in [2.75, 3.05) is 11.1 Å². The number of rotatable bonds is 4. The molecule has 1 aromatic carbocycles. The van der Waals surface area contributed by atoms with Gasteiger partial charge in [0.2, 0.25) is 5.95 Å². The molecule has 0 aliphatic rings. The molecule has 3 N–H and O–H groups in total. The highest BCUT2D eigenvalue weighted by Crippen LogP contribution is 2.13. The van der Waals surface area contributed by atoms with Crippen LogP contribution >= 0.6 is 0 Å². The SMILES string of the molecule is CCc1nnc(NC(=O)c2ccc(N)cc2F)nc1CC. The fourth-order valence-corrected chi connectivity index (χ4v) is 1.88. The maximum atomic E-state index is 13.7. The number of carbonyl (C=O) groups is 1. The van der Waals surface area contributed by atoms with Crippen molar-refractivity contribution in [2.24, 2.45) is 0 Å². The number of nitrogen functional groups attached to an aromatic ring is 1. The fourth-order valence-electron chi connectivity index (χ4n) is 1.88. The number of halogens is 1. The first-order valence-corrected chi connectivity index (χ1v) is 6.64. The van der Waals surface area contributed by atoms with Gasteiger partial charge in [0.1, 0.15) is 5.82 Å². The molecule has 0 bridgehead atoms. The van der Waals surface area contributed by atoms with Crippen LogP contribution < -0.4 is 11.1 Å². The molecule has 1 heterocycles. The van der Waals surface area contributed by atoms with Gasteiger partial charge in [0.15, 0.2) is 0 Å². The molecule has 0 saturated carbocycles. The summed E-state index contributed by atoms with van der Waals surface area (Å²) in [6, 6.07) is 3.86. The standard InChI is InChI=1S/C14H16FN5O/c1-3-11-12(4-2)19-20-14(17-11)18-13(21)9-6-5-8(16)7-10(9)15/h5-7H,3-4,16H2,1-2H3,(H,17,18,20,21). The van der Waals surface area contributed by atoms with Crippen LogP contribution in [0.15, 0.2) is 18.2 Å². The third-order valence-electron chi connectivity index (χ3n) is 2.97. The van der Waals surface area contributed by atoms with Gasteiger partial charge in [-0.25, -0.2) is 9.37 Å². The predicted octanol–water partition coefficient (Wildman–Crippen LogP) is 1.97. The number of nitrogens with two attached hydrogens (primary N) is 1. The number of carbonyl (C=O) groups excluding carboxylic acids is 1. The van der Waals surface area contributed by atoms with E-state index in [1.807, 2.05) is 13.8 Å². The Morgan fingerprint density at radius 2 is 1.95 bits per heavy atom. The van der Waals surface area contributed by atoms with Gasteiger partial charge in [-0.3, -0.25) is 10.1 Å². The lowest BCUT2D eigenvalue weighted by atomic mass is 10.2. The van der Waals surface area contributed by atoms with Crippen molar-refractivity contribution in [3.05, 3.63) is 41.0 Å². The Balaban J connectivity index is 2.23. The van der Waals surface area contributed by atoms with Crippen LogP contribution in [-0.2, 0) is 12.8 Å². The smallest absolute Gasteiger partial charge is 0.261 e. The van der Waals surface area contributed by atoms with E-state index in [0.29, 0.717) is 12.8 Å². The average molecular weight is 289 g/mol. The quantitative estimate of drug-likeness (QED) is 0.839. The van der Waals surface area contributed by atoms with Gasteiger partial charge in [0.05, 0.1) is 17.0 Å². The lowest BCUT2D eigenvalue weighted by Gasteiger charge is -2.07. The minimum absolute atomic E-state index is 0.0604. The van der Waals surface area contributed by atoms with E-state index < -0.39 is 11.7 Å². The third-order valence-corrected chi connectivity index (χ3v) is 2.97. The van der Waals surface area contributed by atoms with Gasteiger partial charge in [0, 0.05) is 5.69 Å². The van der Waals surface area contributed by atoms with Crippen molar-refractivity contribution in [1.82, 2.24) is 15.2 Å². The monoisotopic (exact) mass is 289 g/mol. The number of nitrogens with one attached hydrogen (secondary N) is 1. The zero-order valence-electron chi connectivity index (χ0n) is 11.9. The second kappa shape index (κ2) is 6.25. The van der Waals surface area contributed by atoms with Crippen molar-refractivity contribution in [3.8, 4) is 0 Å². The van der Waals surface area contributed by atoms with Gasteiger partial charge in [-0.15, -0.1) is 10.2 Å². The van der Waals surface area contributed by atoms with Crippen LogP contribution in [0.2, 0.25) is 0 Å². The van der Waals surface area contributed by atoms with Crippen LogP contribution in [0.4, 0.5) is 16.0 Å². The van der Waals surface area contributed by atoms with Crippen LogP contribution in [0.3, 0.4) is 0 Å².